The van der Waals surface area contributed by atoms with Crippen molar-refractivity contribution in [3.63, 3.8) is 0 Å². The second kappa shape index (κ2) is 9.09. The van der Waals surface area contributed by atoms with Crippen molar-refractivity contribution in [3.05, 3.63) is 71.0 Å². The average molecular weight is 342 g/mol. The molecule has 0 spiro atoms. The number of aliphatic hydroxyl groups excluding tert-OH is 1. The van der Waals surface area contributed by atoms with E-state index in [1.165, 1.54) is 23.3 Å². The zero-order valence-electron chi connectivity index (χ0n) is 14.6. The third-order valence-corrected chi connectivity index (χ3v) is 4.99. The summed E-state index contributed by atoms with van der Waals surface area (Å²) in [6.45, 7) is 4.20. The summed E-state index contributed by atoms with van der Waals surface area (Å²) >= 11 is 0. The number of rotatable bonds is 7. The van der Waals surface area contributed by atoms with Gasteiger partial charge < -0.3 is 15.3 Å². The summed E-state index contributed by atoms with van der Waals surface area (Å²) in [7, 11) is 0. The van der Waals surface area contributed by atoms with Crippen molar-refractivity contribution in [2.24, 2.45) is 0 Å². The molecule has 2 aromatic rings. The Morgan fingerprint density at radius 2 is 1.72 bits per heavy atom. The fraction of sp³-hybridized carbons (Fsp3) is 0.429. The Labute approximate surface area is 149 Å². The molecule has 0 radical (unpaired) electrons. The molecule has 4 heteroatoms. The lowest BCUT2D eigenvalue weighted by Crippen LogP contribution is -2.42. The van der Waals surface area contributed by atoms with Crippen molar-refractivity contribution < 1.29 is 9.50 Å². The van der Waals surface area contributed by atoms with Gasteiger partial charge in [0.25, 0.3) is 0 Å². The van der Waals surface area contributed by atoms with Crippen LogP contribution in [0.15, 0.2) is 48.5 Å². The predicted molar refractivity (Wildman–Crippen MR) is 98.8 cm³/mol. The highest BCUT2D eigenvalue weighted by Crippen LogP contribution is 2.13. The molecular formula is C21H27FN2O. The molecular weight excluding hydrogens is 315 g/mol. The van der Waals surface area contributed by atoms with Gasteiger partial charge >= 0.3 is 0 Å². The van der Waals surface area contributed by atoms with Gasteiger partial charge in [-0.15, -0.1) is 0 Å². The number of piperidine rings is 1. The maximum Gasteiger partial charge on any atom is 0.123 e. The lowest BCUT2D eigenvalue weighted by Gasteiger charge is -2.32. The first-order chi connectivity index (χ1) is 12.2. The van der Waals surface area contributed by atoms with Gasteiger partial charge in [0.05, 0.1) is 6.61 Å². The molecule has 0 saturated carbocycles. The van der Waals surface area contributed by atoms with E-state index in [2.05, 4.69) is 22.3 Å². The van der Waals surface area contributed by atoms with Crippen molar-refractivity contribution >= 4 is 0 Å². The summed E-state index contributed by atoms with van der Waals surface area (Å²) in [6.07, 6.45) is 3.29. The minimum Gasteiger partial charge on any atom is -0.392 e. The van der Waals surface area contributed by atoms with Crippen LogP contribution in [0.5, 0.6) is 0 Å². The molecule has 1 aliphatic rings. The lowest BCUT2D eigenvalue weighted by atomic mass is 10.0. The first kappa shape index (κ1) is 18.1. The first-order valence-electron chi connectivity index (χ1n) is 9.12. The summed E-state index contributed by atoms with van der Waals surface area (Å²) in [5.41, 5.74) is 3.39. The van der Waals surface area contributed by atoms with Crippen molar-refractivity contribution in [2.75, 3.05) is 19.6 Å². The number of benzene rings is 2. The van der Waals surface area contributed by atoms with Crippen LogP contribution in [0, 0.1) is 5.82 Å². The second-order valence-electron chi connectivity index (χ2n) is 6.85. The standard InChI is InChI=1S/C21H27FN2O/c22-20-6-4-17(5-7-20)8-11-24-12-9-21(10-13-24)23-15-18-2-1-3-19(14-18)16-25/h1-7,14,21,23,25H,8-13,15-16H2. The highest BCUT2D eigenvalue weighted by atomic mass is 19.1. The van der Waals surface area contributed by atoms with Crippen LogP contribution in [0.25, 0.3) is 0 Å². The van der Waals surface area contributed by atoms with Gasteiger partial charge in [-0.05, 0) is 61.2 Å². The molecule has 3 rings (SSSR count). The highest BCUT2D eigenvalue weighted by molar-refractivity contribution is 5.22. The molecule has 1 heterocycles. The number of hydrogen-bond donors (Lipinski definition) is 2. The predicted octanol–water partition coefficient (Wildman–Crippen LogP) is 3.11. The minimum absolute atomic E-state index is 0.0975. The number of nitrogens with zero attached hydrogens (tertiary/aromatic N) is 1. The molecule has 0 aliphatic carbocycles. The number of aliphatic hydroxyl groups is 1. The van der Waals surface area contributed by atoms with Gasteiger partial charge in [0.1, 0.15) is 5.82 Å². The fourth-order valence-corrected chi connectivity index (χ4v) is 3.40. The molecule has 3 nitrogen and oxygen atoms in total. The Balaban J connectivity index is 1.37. The number of hydrogen-bond acceptors (Lipinski definition) is 3. The summed E-state index contributed by atoms with van der Waals surface area (Å²) in [4.78, 5) is 2.49. The van der Waals surface area contributed by atoms with Crippen LogP contribution in [0.4, 0.5) is 4.39 Å². The van der Waals surface area contributed by atoms with Crippen LogP contribution in [0.1, 0.15) is 29.5 Å². The Hall–Kier alpha value is -1.75. The molecule has 0 atom stereocenters. The molecule has 25 heavy (non-hydrogen) atoms. The molecule has 2 N–H and O–H groups in total. The van der Waals surface area contributed by atoms with E-state index in [0.29, 0.717) is 6.04 Å². The van der Waals surface area contributed by atoms with Crippen molar-refractivity contribution in [1.29, 1.82) is 0 Å². The molecule has 1 aliphatic heterocycles. The molecule has 1 saturated heterocycles. The van der Waals surface area contributed by atoms with E-state index < -0.39 is 0 Å². The minimum atomic E-state index is -0.167. The van der Waals surface area contributed by atoms with Crippen molar-refractivity contribution in [1.82, 2.24) is 10.2 Å². The summed E-state index contributed by atoms with van der Waals surface area (Å²) < 4.78 is 12.9. The maximum absolute atomic E-state index is 12.9. The average Bonchev–Trinajstić information content (AvgIpc) is 2.67. The van der Waals surface area contributed by atoms with E-state index in [-0.39, 0.29) is 12.4 Å². The number of likely N-dealkylation sites (tertiary alicyclic amines) is 1. The SMILES string of the molecule is OCc1cccc(CNC2CCN(CCc3ccc(F)cc3)CC2)c1. The van der Waals surface area contributed by atoms with Crippen LogP contribution in [-0.4, -0.2) is 35.7 Å². The van der Waals surface area contributed by atoms with E-state index in [1.54, 1.807) is 0 Å². The molecule has 2 aromatic carbocycles. The monoisotopic (exact) mass is 342 g/mol. The zero-order valence-corrected chi connectivity index (χ0v) is 14.6. The van der Waals surface area contributed by atoms with Gasteiger partial charge in [-0.3, -0.25) is 0 Å². The first-order valence-corrected chi connectivity index (χ1v) is 9.12. The van der Waals surface area contributed by atoms with Crippen LogP contribution >= 0.6 is 0 Å². The summed E-state index contributed by atoms with van der Waals surface area (Å²) in [5, 5.41) is 12.8. The summed E-state index contributed by atoms with van der Waals surface area (Å²) in [6, 6.07) is 15.5. The van der Waals surface area contributed by atoms with E-state index in [0.717, 1.165) is 51.0 Å². The van der Waals surface area contributed by atoms with Crippen molar-refractivity contribution in [2.45, 2.75) is 38.5 Å². The van der Waals surface area contributed by atoms with Crippen LogP contribution in [0.3, 0.4) is 0 Å². The van der Waals surface area contributed by atoms with Gasteiger partial charge in [0.15, 0.2) is 0 Å². The molecule has 134 valence electrons. The van der Waals surface area contributed by atoms with Crippen LogP contribution < -0.4 is 5.32 Å². The van der Waals surface area contributed by atoms with Crippen molar-refractivity contribution in [3.8, 4) is 0 Å². The quantitative estimate of drug-likeness (QED) is 0.812. The van der Waals surface area contributed by atoms with E-state index in [1.807, 2.05) is 24.3 Å². The topological polar surface area (TPSA) is 35.5 Å². The van der Waals surface area contributed by atoms with Crippen LogP contribution in [-0.2, 0) is 19.6 Å². The third kappa shape index (κ3) is 5.63. The normalized spacial score (nSPS) is 16.2. The van der Waals surface area contributed by atoms with E-state index in [9.17, 15) is 9.50 Å². The second-order valence-corrected chi connectivity index (χ2v) is 6.85. The Morgan fingerprint density at radius 3 is 2.44 bits per heavy atom. The molecule has 0 unspecified atom stereocenters. The number of halogens is 1. The van der Waals surface area contributed by atoms with E-state index >= 15 is 0 Å². The highest BCUT2D eigenvalue weighted by Gasteiger charge is 2.18. The number of nitrogens with one attached hydrogen (secondary N) is 1. The molecule has 0 bridgehead atoms. The van der Waals surface area contributed by atoms with Gasteiger partial charge in [-0.25, -0.2) is 4.39 Å². The van der Waals surface area contributed by atoms with Crippen LogP contribution in [0.2, 0.25) is 0 Å². The Bertz CT molecular complexity index is 651. The van der Waals surface area contributed by atoms with Gasteiger partial charge in [-0.2, -0.15) is 0 Å². The smallest absolute Gasteiger partial charge is 0.123 e. The lowest BCUT2D eigenvalue weighted by molar-refractivity contribution is 0.199. The molecule has 0 amide bonds. The molecule has 1 fully saturated rings. The largest absolute Gasteiger partial charge is 0.392 e. The maximum atomic E-state index is 12.9. The van der Waals surface area contributed by atoms with Gasteiger partial charge in [-0.1, -0.05) is 36.4 Å². The van der Waals surface area contributed by atoms with Gasteiger partial charge in [0.2, 0.25) is 0 Å². The Morgan fingerprint density at radius 1 is 1.00 bits per heavy atom. The van der Waals surface area contributed by atoms with E-state index in [4.69, 9.17) is 0 Å². The molecule has 0 aromatic heterocycles. The Kier molecular flexibility index (Phi) is 6.56. The fourth-order valence-electron chi connectivity index (χ4n) is 3.40. The third-order valence-electron chi connectivity index (χ3n) is 4.99. The zero-order chi connectivity index (χ0) is 17.5. The van der Waals surface area contributed by atoms with Gasteiger partial charge in [0, 0.05) is 19.1 Å². The summed E-state index contributed by atoms with van der Waals surface area (Å²) in [5.74, 6) is -0.167.